The number of carbonyl (C=O) groups is 1. The molecule has 3 nitrogen and oxygen atoms in total. The molecule has 0 bridgehead atoms. The molecule has 18 heavy (non-hydrogen) atoms. The van der Waals surface area contributed by atoms with Crippen LogP contribution in [0.4, 0.5) is 0 Å². The molecule has 1 aromatic rings. The first-order valence-corrected chi connectivity index (χ1v) is 6.65. The predicted octanol–water partition coefficient (Wildman–Crippen LogP) is 2.66. The number of amides is 1. The first-order chi connectivity index (χ1) is 8.11. The molecule has 0 saturated carbocycles. The molecule has 5 heteroatoms. The zero-order valence-electron chi connectivity index (χ0n) is 10.5. The summed E-state index contributed by atoms with van der Waals surface area (Å²) in [5.41, 5.74) is 6.58. The van der Waals surface area contributed by atoms with E-state index in [0.29, 0.717) is 13.0 Å². The minimum atomic E-state index is 0. The summed E-state index contributed by atoms with van der Waals surface area (Å²) in [4.78, 5) is 11.5. The van der Waals surface area contributed by atoms with E-state index in [2.05, 4.69) is 33.4 Å². The lowest BCUT2D eigenvalue weighted by atomic mass is 10.1. The average Bonchev–Trinajstić information content (AvgIpc) is 2.26. The van der Waals surface area contributed by atoms with Crippen LogP contribution in [0, 0.1) is 0 Å². The third kappa shape index (κ3) is 6.99. The van der Waals surface area contributed by atoms with Crippen LogP contribution in [-0.4, -0.2) is 18.5 Å². The molecular formula is C13H20BrClN2O. The van der Waals surface area contributed by atoms with Crippen molar-refractivity contribution in [3.63, 3.8) is 0 Å². The molecule has 0 fully saturated rings. The van der Waals surface area contributed by atoms with E-state index in [1.54, 1.807) is 0 Å². The van der Waals surface area contributed by atoms with Crippen molar-refractivity contribution in [1.82, 2.24) is 5.32 Å². The van der Waals surface area contributed by atoms with Gasteiger partial charge in [-0.1, -0.05) is 28.1 Å². The predicted molar refractivity (Wildman–Crippen MR) is 81.0 cm³/mol. The van der Waals surface area contributed by atoms with Crippen molar-refractivity contribution in [3.8, 4) is 0 Å². The van der Waals surface area contributed by atoms with Crippen LogP contribution in [0.25, 0.3) is 0 Å². The standard InChI is InChI=1S/C13H19BrN2O.ClH/c1-10(16-13(17)6-3-7-15)8-11-4-2-5-12(14)9-11;/h2,4-5,9-10H,3,6-8,15H2,1H3,(H,16,17);1H. The lowest BCUT2D eigenvalue weighted by Gasteiger charge is -2.14. The topological polar surface area (TPSA) is 55.1 Å². The van der Waals surface area contributed by atoms with Crippen molar-refractivity contribution in [2.45, 2.75) is 32.2 Å². The Morgan fingerprint density at radius 3 is 2.83 bits per heavy atom. The second kappa shape index (κ2) is 9.36. The summed E-state index contributed by atoms with van der Waals surface area (Å²) in [6.07, 6.45) is 2.10. The van der Waals surface area contributed by atoms with Gasteiger partial charge in [0.1, 0.15) is 0 Å². The highest BCUT2D eigenvalue weighted by Gasteiger charge is 2.07. The number of nitrogens with two attached hydrogens (primary N) is 1. The van der Waals surface area contributed by atoms with Gasteiger partial charge < -0.3 is 11.1 Å². The summed E-state index contributed by atoms with van der Waals surface area (Å²) in [5.74, 6) is 0.0814. The summed E-state index contributed by atoms with van der Waals surface area (Å²) in [6.45, 7) is 2.58. The summed E-state index contributed by atoms with van der Waals surface area (Å²) < 4.78 is 1.07. The van der Waals surface area contributed by atoms with Crippen LogP contribution in [0.5, 0.6) is 0 Å². The van der Waals surface area contributed by atoms with Crippen LogP contribution in [0.1, 0.15) is 25.3 Å². The SMILES string of the molecule is CC(Cc1cccc(Br)c1)NC(=O)CCCN.Cl. The molecule has 1 atom stereocenters. The van der Waals surface area contributed by atoms with E-state index in [0.717, 1.165) is 17.3 Å². The van der Waals surface area contributed by atoms with Crippen molar-refractivity contribution < 1.29 is 4.79 Å². The highest BCUT2D eigenvalue weighted by molar-refractivity contribution is 9.10. The van der Waals surface area contributed by atoms with Gasteiger partial charge >= 0.3 is 0 Å². The van der Waals surface area contributed by atoms with Gasteiger partial charge in [0.05, 0.1) is 0 Å². The van der Waals surface area contributed by atoms with Crippen molar-refractivity contribution in [1.29, 1.82) is 0 Å². The quantitative estimate of drug-likeness (QED) is 0.840. The molecule has 0 spiro atoms. The van der Waals surface area contributed by atoms with Crippen molar-refractivity contribution in [2.24, 2.45) is 5.73 Å². The van der Waals surface area contributed by atoms with E-state index in [9.17, 15) is 4.79 Å². The molecule has 1 rings (SSSR count). The molecule has 1 amide bonds. The van der Waals surface area contributed by atoms with Crippen LogP contribution in [0.3, 0.4) is 0 Å². The fraction of sp³-hybridized carbons (Fsp3) is 0.462. The van der Waals surface area contributed by atoms with Gasteiger partial charge in [-0.05, 0) is 44.0 Å². The monoisotopic (exact) mass is 334 g/mol. The van der Waals surface area contributed by atoms with Crippen molar-refractivity contribution >= 4 is 34.2 Å². The van der Waals surface area contributed by atoms with Gasteiger partial charge in [0.25, 0.3) is 0 Å². The zero-order valence-corrected chi connectivity index (χ0v) is 12.9. The molecule has 0 heterocycles. The minimum Gasteiger partial charge on any atom is -0.353 e. The van der Waals surface area contributed by atoms with Gasteiger partial charge in [0.15, 0.2) is 0 Å². The average molecular weight is 336 g/mol. The Kier molecular flexibility index (Phi) is 9.06. The first-order valence-electron chi connectivity index (χ1n) is 5.85. The Bertz CT molecular complexity index is 374. The second-order valence-corrected chi connectivity index (χ2v) is 5.11. The third-order valence-corrected chi connectivity index (χ3v) is 2.94. The molecule has 3 N–H and O–H groups in total. The Morgan fingerprint density at radius 1 is 1.50 bits per heavy atom. The number of nitrogens with one attached hydrogen (secondary N) is 1. The molecular weight excluding hydrogens is 316 g/mol. The summed E-state index contributed by atoms with van der Waals surface area (Å²) in [7, 11) is 0. The van der Waals surface area contributed by atoms with E-state index in [4.69, 9.17) is 5.73 Å². The fourth-order valence-electron chi connectivity index (χ4n) is 1.68. The highest BCUT2D eigenvalue weighted by Crippen LogP contribution is 2.13. The van der Waals surface area contributed by atoms with Gasteiger partial charge in [-0.25, -0.2) is 0 Å². The molecule has 0 radical (unpaired) electrons. The molecule has 0 aliphatic heterocycles. The van der Waals surface area contributed by atoms with Crippen LogP contribution in [0.2, 0.25) is 0 Å². The van der Waals surface area contributed by atoms with Gasteiger partial charge in [-0.2, -0.15) is 0 Å². The Hall–Kier alpha value is -0.580. The number of hydrogen-bond donors (Lipinski definition) is 2. The van der Waals surface area contributed by atoms with E-state index in [-0.39, 0.29) is 24.4 Å². The number of benzene rings is 1. The van der Waals surface area contributed by atoms with E-state index >= 15 is 0 Å². The smallest absolute Gasteiger partial charge is 0.220 e. The molecule has 0 saturated heterocycles. The number of halogens is 2. The zero-order chi connectivity index (χ0) is 12.7. The maximum absolute atomic E-state index is 11.5. The summed E-state index contributed by atoms with van der Waals surface area (Å²) >= 11 is 3.44. The lowest BCUT2D eigenvalue weighted by Crippen LogP contribution is -2.34. The van der Waals surface area contributed by atoms with Gasteiger partial charge in [-0.15, -0.1) is 12.4 Å². The maximum atomic E-state index is 11.5. The molecule has 0 aliphatic rings. The van der Waals surface area contributed by atoms with Crippen LogP contribution >= 0.6 is 28.3 Å². The summed E-state index contributed by atoms with van der Waals surface area (Å²) in [6, 6.07) is 8.28. The first kappa shape index (κ1) is 17.4. The molecule has 1 unspecified atom stereocenters. The third-order valence-electron chi connectivity index (χ3n) is 2.45. The second-order valence-electron chi connectivity index (χ2n) is 4.19. The Morgan fingerprint density at radius 2 is 2.22 bits per heavy atom. The number of rotatable bonds is 6. The molecule has 1 aromatic carbocycles. The van der Waals surface area contributed by atoms with E-state index in [1.807, 2.05) is 19.1 Å². The van der Waals surface area contributed by atoms with E-state index in [1.165, 1.54) is 5.56 Å². The Labute approximate surface area is 123 Å². The largest absolute Gasteiger partial charge is 0.353 e. The molecule has 0 aliphatic carbocycles. The molecule has 0 aromatic heterocycles. The van der Waals surface area contributed by atoms with Crippen LogP contribution < -0.4 is 11.1 Å². The fourth-order valence-corrected chi connectivity index (χ4v) is 2.12. The van der Waals surface area contributed by atoms with Gasteiger partial charge in [0, 0.05) is 16.9 Å². The van der Waals surface area contributed by atoms with Crippen molar-refractivity contribution in [3.05, 3.63) is 34.3 Å². The highest BCUT2D eigenvalue weighted by atomic mass is 79.9. The van der Waals surface area contributed by atoms with Crippen molar-refractivity contribution in [2.75, 3.05) is 6.54 Å². The minimum absolute atomic E-state index is 0. The summed E-state index contributed by atoms with van der Waals surface area (Å²) in [5, 5.41) is 2.97. The normalized spacial score (nSPS) is 11.5. The van der Waals surface area contributed by atoms with Crippen LogP contribution in [-0.2, 0) is 11.2 Å². The maximum Gasteiger partial charge on any atom is 0.220 e. The number of hydrogen-bond acceptors (Lipinski definition) is 2. The number of carbonyl (C=O) groups excluding carboxylic acids is 1. The van der Waals surface area contributed by atoms with Gasteiger partial charge in [0.2, 0.25) is 5.91 Å². The van der Waals surface area contributed by atoms with E-state index < -0.39 is 0 Å². The lowest BCUT2D eigenvalue weighted by molar-refractivity contribution is -0.121. The van der Waals surface area contributed by atoms with Gasteiger partial charge in [-0.3, -0.25) is 4.79 Å². The molecule has 102 valence electrons. The van der Waals surface area contributed by atoms with Crippen LogP contribution in [0.15, 0.2) is 28.7 Å². The Balaban J connectivity index is 0.00000289.